The number of hydrogen-bond donors (Lipinski definition) is 1. The zero-order valence-corrected chi connectivity index (χ0v) is 13.2. The molecule has 1 saturated heterocycles. The number of rotatable bonds is 4. The Labute approximate surface area is 126 Å². The third kappa shape index (κ3) is 3.43. The Bertz CT molecular complexity index is 523. The van der Waals surface area contributed by atoms with Crippen LogP contribution in [0.25, 0.3) is 0 Å². The predicted molar refractivity (Wildman–Crippen MR) is 82.5 cm³/mol. The van der Waals surface area contributed by atoms with Gasteiger partial charge in [0.2, 0.25) is 11.8 Å². The normalized spacial score (nSPS) is 21.6. The molecule has 114 valence electrons. The van der Waals surface area contributed by atoms with Gasteiger partial charge in [0.1, 0.15) is 11.6 Å². The lowest BCUT2D eigenvalue weighted by Gasteiger charge is -2.43. The number of nitrogens with one attached hydrogen (secondary N) is 1. The van der Waals surface area contributed by atoms with Crippen LogP contribution in [-0.2, 0) is 16.1 Å². The van der Waals surface area contributed by atoms with Crippen LogP contribution in [0.5, 0.6) is 0 Å². The van der Waals surface area contributed by atoms with E-state index in [0.29, 0.717) is 18.9 Å². The molecule has 0 saturated carbocycles. The topological polar surface area (TPSA) is 49.4 Å². The SMILES string of the molecule is CC(C)CC1C(=O)NC(C)(C)C(=O)N1Cc1ccccc1. The summed E-state index contributed by atoms with van der Waals surface area (Å²) in [5, 5.41) is 2.85. The Morgan fingerprint density at radius 2 is 1.81 bits per heavy atom. The summed E-state index contributed by atoms with van der Waals surface area (Å²) in [7, 11) is 0. The molecule has 1 N–H and O–H groups in total. The number of amides is 2. The molecule has 0 aliphatic carbocycles. The Hall–Kier alpha value is -1.84. The molecule has 1 aromatic rings. The third-order valence-electron chi connectivity index (χ3n) is 3.80. The van der Waals surface area contributed by atoms with Gasteiger partial charge in [0.25, 0.3) is 0 Å². The van der Waals surface area contributed by atoms with Crippen molar-refractivity contribution in [2.24, 2.45) is 5.92 Å². The zero-order chi connectivity index (χ0) is 15.6. The molecule has 1 atom stereocenters. The highest BCUT2D eigenvalue weighted by molar-refractivity contribution is 5.99. The number of nitrogens with zero attached hydrogens (tertiary/aromatic N) is 1. The molecule has 4 heteroatoms. The number of hydrogen-bond acceptors (Lipinski definition) is 2. The molecule has 1 aromatic carbocycles. The number of carbonyl (C=O) groups excluding carboxylic acids is 2. The molecule has 0 radical (unpaired) electrons. The lowest BCUT2D eigenvalue weighted by molar-refractivity contribution is -0.154. The fourth-order valence-corrected chi connectivity index (χ4v) is 2.73. The summed E-state index contributed by atoms with van der Waals surface area (Å²) < 4.78 is 0. The molecule has 1 heterocycles. The summed E-state index contributed by atoms with van der Waals surface area (Å²) in [6.07, 6.45) is 0.681. The van der Waals surface area contributed by atoms with Crippen molar-refractivity contribution in [1.82, 2.24) is 10.2 Å². The highest BCUT2D eigenvalue weighted by Gasteiger charge is 2.45. The van der Waals surface area contributed by atoms with Gasteiger partial charge < -0.3 is 10.2 Å². The smallest absolute Gasteiger partial charge is 0.248 e. The molecule has 1 unspecified atom stereocenters. The fraction of sp³-hybridized carbons (Fsp3) is 0.529. The standard InChI is InChI=1S/C17H24N2O2/c1-12(2)10-14-15(20)18-17(3,4)16(21)19(14)11-13-8-6-5-7-9-13/h5-9,12,14H,10-11H2,1-4H3,(H,18,20). The van der Waals surface area contributed by atoms with Crippen LogP contribution in [0.15, 0.2) is 30.3 Å². The second-order valence-electron chi connectivity index (χ2n) is 6.68. The Morgan fingerprint density at radius 1 is 1.19 bits per heavy atom. The van der Waals surface area contributed by atoms with Crippen molar-refractivity contribution >= 4 is 11.8 Å². The van der Waals surface area contributed by atoms with E-state index in [4.69, 9.17) is 0 Å². The van der Waals surface area contributed by atoms with Gasteiger partial charge in [0.05, 0.1) is 0 Å². The van der Waals surface area contributed by atoms with Crippen molar-refractivity contribution in [2.45, 2.75) is 52.2 Å². The van der Waals surface area contributed by atoms with Gasteiger partial charge in [-0.05, 0) is 31.7 Å². The molecule has 0 bridgehead atoms. The van der Waals surface area contributed by atoms with Crippen molar-refractivity contribution in [3.05, 3.63) is 35.9 Å². The summed E-state index contributed by atoms with van der Waals surface area (Å²) in [4.78, 5) is 26.8. The first kappa shape index (κ1) is 15.5. The van der Waals surface area contributed by atoms with Gasteiger partial charge in [-0.3, -0.25) is 9.59 Å². The zero-order valence-electron chi connectivity index (χ0n) is 13.2. The van der Waals surface area contributed by atoms with Crippen LogP contribution in [-0.4, -0.2) is 28.3 Å². The first-order valence-electron chi connectivity index (χ1n) is 7.48. The fourth-order valence-electron chi connectivity index (χ4n) is 2.73. The molecule has 2 rings (SSSR count). The van der Waals surface area contributed by atoms with Crippen LogP contribution in [0.3, 0.4) is 0 Å². The van der Waals surface area contributed by atoms with Crippen LogP contribution in [0.1, 0.15) is 39.7 Å². The van der Waals surface area contributed by atoms with E-state index < -0.39 is 5.54 Å². The maximum atomic E-state index is 12.7. The maximum absolute atomic E-state index is 12.7. The minimum Gasteiger partial charge on any atom is -0.340 e. The second-order valence-corrected chi connectivity index (χ2v) is 6.68. The van der Waals surface area contributed by atoms with Crippen LogP contribution < -0.4 is 5.32 Å². The van der Waals surface area contributed by atoms with Gasteiger partial charge in [-0.1, -0.05) is 44.2 Å². The summed E-state index contributed by atoms with van der Waals surface area (Å²) >= 11 is 0. The van der Waals surface area contributed by atoms with Gasteiger partial charge in [0.15, 0.2) is 0 Å². The summed E-state index contributed by atoms with van der Waals surface area (Å²) in [6, 6.07) is 9.44. The largest absolute Gasteiger partial charge is 0.340 e. The third-order valence-corrected chi connectivity index (χ3v) is 3.80. The van der Waals surface area contributed by atoms with Gasteiger partial charge in [-0.15, -0.1) is 0 Å². The quantitative estimate of drug-likeness (QED) is 0.924. The van der Waals surface area contributed by atoms with Gasteiger partial charge in [-0.25, -0.2) is 0 Å². The lowest BCUT2D eigenvalue weighted by atomic mass is 9.92. The minimum absolute atomic E-state index is 0.0170. The number of piperazine rings is 1. The summed E-state index contributed by atoms with van der Waals surface area (Å²) in [5.41, 5.74) is 0.212. The molecule has 1 aliphatic heterocycles. The molecule has 2 amide bonds. The van der Waals surface area contributed by atoms with E-state index in [1.54, 1.807) is 18.7 Å². The van der Waals surface area contributed by atoms with E-state index in [2.05, 4.69) is 19.2 Å². The van der Waals surface area contributed by atoms with Crippen molar-refractivity contribution in [3.8, 4) is 0 Å². The van der Waals surface area contributed by atoms with E-state index in [0.717, 1.165) is 5.56 Å². The van der Waals surface area contributed by atoms with E-state index in [1.807, 2.05) is 30.3 Å². The van der Waals surface area contributed by atoms with Gasteiger partial charge >= 0.3 is 0 Å². The summed E-state index contributed by atoms with van der Waals surface area (Å²) in [5.74, 6) is 0.286. The average molecular weight is 288 g/mol. The van der Waals surface area contributed by atoms with Crippen LogP contribution in [0.2, 0.25) is 0 Å². The van der Waals surface area contributed by atoms with E-state index in [-0.39, 0.29) is 17.9 Å². The number of benzene rings is 1. The monoisotopic (exact) mass is 288 g/mol. The Balaban J connectivity index is 2.29. The molecule has 4 nitrogen and oxygen atoms in total. The Morgan fingerprint density at radius 3 is 2.38 bits per heavy atom. The molecule has 1 fully saturated rings. The van der Waals surface area contributed by atoms with Crippen molar-refractivity contribution in [3.63, 3.8) is 0 Å². The highest BCUT2D eigenvalue weighted by atomic mass is 16.2. The lowest BCUT2D eigenvalue weighted by Crippen LogP contribution is -2.67. The summed E-state index contributed by atoms with van der Waals surface area (Å²) in [6.45, 7) is 8.14. The maximum Gasteiger partial charge on any atom is 0.248 e. The van der Waals surface area contributed by atoms with E-state index in [9.17, 15) is 9.59 Å². The first-order valence-corrected chi connectivity index (χ1v) is 7.48. The minimum atomic E-state index is -0.834. The van der Waals surface area contributed by atoms with E-state index >= 15 is 0 Å². The van der Waals surface area contributed by atoms with Gasteiger partial charge in [-0.2, -0.15) is 0 Å². The average Bonchev–Trinajstić information content (AvgIpc) is 2.41. The second kappa shape index (κ2) is 5.88. The number of carbonyl (C=O) groups is 2. The molecule has 0 aromatic heterocycles. The van der Waals surface area contributed by atoms with Crippen molar-refractivity contribution in [1.29, 1.82) is 0 Å². The van der Waals surface area contributed by atoms with Crippen LogP contribution >= 0.6 is 0 Å². The highest BCUT2D eigenvalue weighted by Crippen LogP contribution is 2.24. The molecule has 21 heavy (non-hydrogen) atoms. The molecule has 0 spiro atoms. The Kier molecular flexibility index (Phi) is 4.35. The van der Waals surface area contributed by atoms with Crippen LogP contribution in [0.4, 0.5) is 0 Å². The molecule has 1 aliphatic rings. The van der Waals surface area contributed by atoms with Crippen molar-refractivity contribution in [2.75, 3.05) is 0 Å². The first-order chi connectivity index (χ1) is 9.81. The predicted octanol–water partition coefficient (Wildman–Crippen LogP) is 2.34. The molecular weight excluding hydrogens is 264 g/mol. The van der Waals surface area contributed by atoms with Gasteiger partial charge in [0, 0.05) is 6.54 Å². The molecular formula is C17H24N2O2. The van der Waals surface area contributed by atoms with Crippen molar-refractivity contribution < 1.29 is 9.59 Å². The van der Waals surface area contributed by atoms with E-state index in [1.165, 1.54) is 0 Å². The van der Waals surface area contributed by atoms with Crippen LogP contribution in [0, 0.1) is 5.92 Å².